The molecule has 3 aromatic rings. The second kappa shape index (κ2) is 5.41. The van der Waals surface area contributed by atoms with Crippen LogP contribution >= 0.6 is 0 Å². The van der Waals surface area contributed by atoms with E-state index in [1.807, 2.05) is 0 Å². The number of nitrogen functional groups attached to an aromatic ring is 1. The van der Waals surface area contributed by atoms with E-state index in [2.05, 4.69) is 5.32 Å². The number of benzene rings is 2. The highest BCUT2D eigenvalue weighted by atomic mass is 32.2. The highest BCUT2D eigenvalue weighted by Gasteiger charge is 2.12. The Kier molecular flexibility index (Phi) is 3.55. The van der Waals surface area contributed by atoms with Crippen molar-refractivity contribution in [3.63, 3.8) is 0 Å². The maximum atomic E-state index is 11.8. The molecule has 5 N–H and O–H groups in total. The summed E-state index contributed by atoms with van der Waals surface area (Å²) >= 11 is 0. The summed E-state index contributed by atoms with van der Waals surface area (Å²) in [6.07, 6.45) is 0. The van der Waals surface area contributed by atoms with Gasteiger partial charge in [-0.15, -0.1) is 0 Å². The molecule has 0 aliphatic rings. The van der Waals surface area contributed by atoms with E-state index in [0.717, 1.165) is 0 Å². The summed E-state index contributed by atoms with van der Waals surface area (Å²) in [4.78, 5) is 11.8. The second-order valence-corrected chi connectivity index (χ2v) is 6.43. The molecule has 3 rings (SSSR count). The number of hydrogen-bond donors (Lipinski definition) is 3. The van der Waals surface area contributed by atoms with Crippen LogP contribution < -0.4 is 21.8 Å². The number of anilines is 3. The van der Waals surface area contributed by atoms with E-state index in [1.165, 1.54) is 12.1 Å². The van der Waals surface area contributed by atoms with Gasteiger partial charge in [-0.2, -0.15) is 0 Å². The molecule has 0 saturated carbocycles. The smallest absolute Gasteiger partial charge is 0.345 e. The van der Waals surface area contributed by atoms with Crippen LogP contribution in [0.15, 0.2) is 62.6 Å². The molecule has 2 aromatic carbocycles. The van der Waals surface area contributed by atoms with Crippen LogP contribution in [0.2, 0.25) is 0 Å². The van der Waals surface area contributed by atoms with Crippen LogP contribution in [0.1, 0.15) is 0 Å². The fraction of sp³-hybridized carbons (Fsp3) is 0. The number of hydrogen-bond acceptors (Lipinski definition) is 6. The topological polar surface area (TPSA) is 128 Å². The molecule has 118 valence electrons. The van der Waals surface area contributed by atoms with E-state index in [-0.39, 0.29) is 10.8 Å². The molecule has 0 aliphatic heterocycles. The Bertz CT molecular complexity index is 1040. The summed E-state index contributed by atoms with van der Waals surface area (Å²) in [7, 11) is -3.75. The molecule has 0 fully saturated rings. The minimum Gasteiger partial charge on any atom is -0.404 e. The molecule has 7 nitrogen and oxygen atoms in total. The van der Waals surface area contributed by atoms with Gasteiger partial charge in [-0.05, 0) is 30.3 Å². The van der Waals surface area contributed by atoms with E-state index < -0.39 is 15.6 Å². The van der Waals surface area contributed by atoms with E-state index in [1.54, 1.807) is 36.4 Å². The lowest BCUT2D eigenvalue weighted by Gasteiger charge is -2.11. The second-order valence-electron chi connectivity index (χ2n) is 4.87. The quantitative estimate of drug-likeness (QED) is 0.671. The van der Waals surface area contributed by atoms with Crippen molar-refractivity contribution in [2.24, 2.45) is 5.14 Å². The van der Waals surface area contributed by atoms with Gasteiger partial charge in [0.2, 0.25) is 15.9 Å². The first-order valence-electron chi connectivity index (χ1n) is 6.57. The summed E-state index contributed by atoms with van der Waals surface area (Å²) in [5, 5.41) is 9.09. The fourth-order valence-electron chi connectivity index (χ4n) is 2.22. The third kappa shape index (κ3) is 2.89. The molecule has 0 unspecified atom stereocenters. The summed E-state index contributed by atoms with van der Waals surface area (Å²) < 4.78 is 27.5. The number of primary sulfonamides is 1. The Balaban J connectivity index is 2.07. The van der Waals surface area contributed by atoms with Gasteiger partial charge in [0.15, 0.2) is 0 Å². The first-order chi connectivity index (χ1) is 10.9. The van der Waals surface area contributed by atoms with Crippen LogP contribution in [0.25, 0.3) is 10.8 Å². The molecule has 0 radical (unpaired) electrons. The highest BCUT2D eigenvalue weighted by molar-refractivity contribution is 7.89. The molecule has 0 aliphatic carbocycles. The molecule has 8 heteroatoms. The fourth-order valence-corrected chi connectivity index (χ4v) is 2.73. The molecular weight excluding hydrogens is 318 g/mol. The van der Waals surface area contributed by atoms with Gasteiger partial charge in [0.05, 0.1) is 10.3 Å². The van der Waals surface area contributed by atoms with Crippen LogP contribution in [0.4, 0.5) is 17.3 Å². The average molecular weight is 331 g/mol. The van der Waals surface area contributed by atoms with Crippen LogP contribution in [-0.2, 0) is 10.0 Å². The largest absolute Gasteiger partial charge is 0.404 e. The van der Waals surface area contributed by atoms with Crippen molar-refractivity contribution in [2.45, 2.75) is 4.90 Å². The predicted molar refractivity (Wildman–Crippen MR) is 88.0 cm³/mol. The van der Waals surface area contributed by atoms with E-state index in [0.29, 0.717) is 22.1 Å². The monoisotopic (exact) mass is 331 g/mol. The molecule has 0 atom stereocenters. The van der Waals surface area contributed by atoms with Gasteiger partial charge < -0.3 is 15.5 Å². The van der Waals surface area contributed by atoms with E-state index in [4.69, 9.17) is 15.3 Å². The van der Waals surface area contributed by atoms with Gasteiger partial charge in [-0.1, -0.05) is 18.2 Å². The van der Waals surface area contributed by atoms with Crippen molar-refractivity contribution in [1.29, 1.82) is 0 Å². The first-order valence-corrected chi connectivity index (χ1v) is 8.12. The number of sulfonamides is 1. The van der Waals surface area contributed by atoms with E-state index in [9.17, 15) is 13.2 Å². The number of rotatable bonds is 3. The van der Waals surface area contributed by atoms with Gasteiger partial charge in [0, 0.05) is 11.1 Å². The van der Waals surface area contributed by atoms with Crippen molar-refractivity contribution in [3.05, 3.63) is 59.0 Å². The molecular formula is C15H13N3O4S. The van der Waals surface area contributed by atoms with Gasteiger partial charge in [0.1, 0.15) is 5.69 Å². The SMILES string of the molecule is Nc1oc(=O)c2ccccc2c1Nc1ccc(S(N)(=O)=O)cc1. The Morgan fingerprint density at radius 3 is 2.17 bits per heavy atom. The third-order valence-corrected chi connectivity index (χ3v) is 4.25. The molecule has 0 bridgehead atoms. The molecule has 1 aromatic heterocycles. The molecule has 0 spiro atoms. The number of nitrogens with one attached hydrogen (secondary N) is 1. The standard InChI is InChI=1S/C15H13N3O4S/c16-14-13(11-3-1-2-4-12(11)15(19)22-14)18-9-5-7-10(8-6-9)23(17,20)21/h1-8,18H,16H2,(H2,17,20,21). The first kappa shape index (κ1) is 15.1. The maximum absolute atomic E-state index is 11.8. The maximum Gasteiger partial charge on any atom is 0.345 e. The molecule has 0 saturated heterocycles. The Morgan fingerprint density at radius 2 is 1.57 bits per heavy atom. The van der Waals surface area contributed by atoms with Gasteiger partial charge in [-0.3, -0.25) is 0 Å². The zero-order valence-electron chi connectivity index (χ0n) is 11.8. The molecule has 0 amide bonds. The van der Waals surface area contributed by atoms with Crippen molar-refractivity contribution >= 4 is 38.1 Å². The van der Waals surface area contributed by atoms with Gasteiger partial charge in [-0.25, -0.2) is 18.4 Å². The zero-order chi connectivity index (χ0) is 16.6. The van der Waals surface area contributed by atoms with Crippen molar-refractivity contribution in [2.75, 3.05) is 11.1 Å². The summed E-state index contributed by atoms with van der Waals surface area (Å²) in [6.45, 7) is 0. The highest BCUT2D eigenvalue weighted by Crippen LogP contribution is 2.30. The van der Waals surface area contributed by atoms with Crippen molar-refractivity contribution < 1.29 is 12.8 Å². The van der Waals surface area contributed by atoms with Crippen LogP contribution in [-0.4, -0.2) is 8.42 Å². The Labute approximate surface area is 131 Å². The summed E-state index contributed by atoms with van der Waals surface area (Å²) in [5.74, 6) is -0.0516. The summed E-state index contributed by atoms with van der Waals surface area (Å²) in [6, 6.07) is 12.7. The molecule has 1 heterocycles. The summed E-state index contributed by atoms with van der Waals surface area (Å²) in [5.41, 5.74) is 6.28. The van der Waals surface area contributed by atoms with Crippen LogP contribution in [0.5, 0.6) is 0 Å². The lowest BCUT2D eigenvalue weighted by Crippen LogP contribution is -2.12. The van der Waals surface area contributed by atoms with Crippen LogP contribution in [0, 0.1) is 0 Å². The van der Waals surface area contributed by atoms with Gasteiger partial charge >= 0.3 is 5.63 Å². The van der Waals surface area contributed by atoms with Gasteiger partial charge in [0.25, 0.3) is 0 Å². The lowest BCUT2D eigenvalue weighted by atomic mass is 10.1. The average Bonchev–Trinajstić information content (AvgIpc) is 2.51. The Morgan fingerprint density at radius 1 is 0.957 bits per heavy atom. The Hall–Kier alpha value is -2.84. The lowest BCUT2D eigenvalue weighted by molar-refractivity contribution is 0.542. The zero-order valence-corrected chi connectivity index (χ0v) is 12.6. The van der Waals surface area contributed by atoms with Crippen molar-refractivity contribution in [1.82, 2.24) is 0 Å². The van der Waals surface area contributed by atoms with E-state index >= 15 is 0 Å². The number of nitrogens with two attached hydrogens (primary N) is 2. The normalized spacial score (nSPS) is 11.5. The minimum atomic E-state index is -3.75. The van der Waals surface area contributed by atoms with Crippen LogP contribution in [0.3, 0.4) is 0 Å². The minimum absolute atomic E-state index is 0.000439. The molecule has 23 heavy (non-hydrogen) atoms. The van der Waals surface area contributed by atoms with Crippen molar-refractivity contribution in [3.8, 4) is 0 Å². The number of fused-ring (bicyclic) bond motifs is 1. The third-order valence-electron chi connectivity index (χ3n) is 3.32. The predicted octanol–water partition coefficient (Wildman–Crippen LogP) is 1.77.